The number of benzene rings is 3. The summed E-state index contributed by atoms with van der Waals surface area (Å²) in [6, 6.07) is 16.7. The molecule has 0 aliphatic heterocycles. The number of amides is 4. The van der Waals surface area contributed by atoms with Gasteiger partial charge in [0.2, 0.25) is 11.8 Å². The number of urea groups is 1. The lowest BCUT2D eigenvalue weighted by atomic mass is 10.0. The minimum Gasteiger partial charge on any atom is -0.460 e. The summed E-state index contributed by atoms with van der Waals surface area (Å²) < 4.78 is 16.4. The standard InChI is InChI=1S/C45H63N5O9/c1-43(2,3)57-38(52)24-23-35(41(55)59-45(7,8)9)50-42(56)49-34(40(54)58-44(4,5)6)16-12-13-25-47-39(53)36(48-37(51)28-29-18-21-33(46)22-19-29)27-30-17-20-31-14-10-11-15-32(31)26-30/h10-11,14-15,17-22,26,34-36H,12-13,16,23-25,27-28,46H2,1-9H3,(H,47,53)(H,48,51)(H2,49,50,56)/t34-,35-,36-/m0/s1. The molecule has 3 atom stereocenters. The molecule has 0 unspecified atom stereocenters. The molecule has 6 N–H and O–H groups in total. The second kappa shape index (κ2) is 21.4. The van der Waals surface area contributed by atoms with Crippen molar-refractivity contribution in [3.63, 3.8) is 0 Å². The molecule has 4 amide bonds. The summed E-state index contributed by atoms with van der Waals surface area (Å²) in [6.07, 6.45) is 1.01. The molecule has 0 saturated heterocycles. The number of hydrogen-bond donors (Lipinski definition) is 5. The maximum atomic E-state index is 13.6. The van der Waals surface area contributed by atoms with E-state index >= 15 is 0 Å². The Hall–Kier alpha value is -5.66. The number of carbonyl (C=O) groups excluding carboxylic acids is 6. The van der Waals surface area contributed by atoms with Crippen LogP contribution in [0.4, 0.5) is 10.5 Å². The van der Waals surface area contributed by atoms with Crippen molar-refractivity contribution in [2.75, 3.05) is 12.3 Å². The third-order valence-electron chi connectivity index (χ3n) is 8.52. The Morgan fingerprint density at radius 3 is 1.73 bits per heavy atom. The average molecular weight is 818 g/mol. The maximum Gasteiger partial charge on any atom is 0.329 e. The van der Waals surface area contributed by atoms with E-state index in [1.807, 2.05) is 42.5 Å². The van der Waals surface area contributed by atoms with Crippen molar-refractivity contribution in [2.24, 2.45) is 0 Å². The molecule has 3 aromatic carbocycles. The summed E-state index contributed by atoms with van der Waals surface area (Å²) in [5.41, 5.74) is 5.55. The monoisotopic (exact) mass is 817 g/mol. The Morgan fingerprint density at radius 1 is 0.610 bits per heavy atom. The molecular weight excluding hydrogens is 755 g/mol. The molecule has 0 spiro atoms. The second-order valence-corrected chi connectivity index (χ2v) is 17.6. The number of unbranched alkanes of at least 4 members (excludes halogenated alkanes) is 1. The van der Waals surface area contributed by atoms with Gasteiger partial charge in [0.05, 0.1) is 6.42 Å². The first-order valence-corrected chi connectivity index (χ1v) is 20.1. The zero-order valence-electron chi connectivity index (χ0n) is 36.0. The maximum absolute atomic E-state index is 13.6. The summed E-state index contributed by atoms with van der Waals surface area (Å²) in [4.78, 5) is 78.9. The summed E-state index contributed by atoms with van der Waals surface area (Å²) in [5.74, 6) is -2.67. The van der Waals surface area contributed by atoms with Gasteiger partial charge in [-0.3, -0.25) is 14.4 Å². The van der Waals surface area contributed by atoms with Gasteiger partial charge in [0.25, 0.3) is 0 Å². The molecule has 0 bridgehead atoms. The van der Waals surface area contributed by atoms with E-state index in [4.69, 9.17) is 19.9 Å². The number of nitrogens with two attached hydrogens (primary N) is 1. The lowest BCUT2D eigenvalue weighted by Gasteiger charge is -2.27. The Morgan fingerprint density at radius 2 is 1.15 bits per heavy atom. The Bertz CT molecular complexity index is 1910. The van der Waals surface area contributed by atoms with Crippen LogP contribution in [0.5, 0.6) is 0 Å². The van der Waals surface area contributed by atoms with E-state index in [1.165, 1.54) is 0 Å². The van der Waals surface area contributed by atoms with E-state index in [-0.39, 0.29) is 50.5 Å². The largest absolute Gasteiger partial charge is 0.460 e. The Balaban J connectivity index is 1.66. The van der Waals surface area contributed by atoms with Crippen LogP contribution < -0.4 is 27.0 Å². The summed E-state index contributed by atoms with van der Waals surface area (Å²) >= 11 is 0. The molecule has 14 heteroatoms. The van der Waals surface area contributed by atoms with Crippen molar-refractivity contribution >= 4 is 52.2 Å². The van der Waals surface area contributed by atoms with E-state index in [1.54, 1.807) is 86.6 Å². The van der Waals surface area contributed by atoms with E-state index in [0.29, 0.717) is 18.5 Å². The number of carbonyl (C=O) groups is 6. The average Bonchev–Trinajstić information content (AvgIpc) is 3.11. The Kier molecular flexibility index (Phi) is 17.3. The topological polar surface area (TPSA) is 204 Å². The number of rotatable bonds is 18. The van der Waals surface area contributed by atoms with Gasteiger partial charge in [0.15, 0.2) is 0 Å². The lowest BCUT2D eigenvalue weighted by molar-refractivity contribution is -0.159. The molecule has 322 valence electrons. The molecule has 59 heavy (non-hydrogen) atoms. The number of hydrogen-bond acceptors (Lipinski definition) is 10. The van der Waals surface area contributed by atoms with Crippen molar-refractivity contribution in [3.05, 3.63) is 77.9 Å². The van der Waals surface area contributed by atoms with Crippen LogP contribution in [0.25, 0.3) is 10.8 Å². The van der Waals surface area contributed by atoms with Crippen molar-refractivity contribution in [3.8, 4) is 0 Å². The fraction of sp³-hybridized carbons (Fsp3) is 0.511. The third kappa shape index (κ3) is 18.6. The number of esters is 3. The van der Waals surface area contributed by atoms with Crippen LogP contribution in [0.3, 0.4) is 0 Å². The molecule has 0 aromatic heterocycles. The van der Waals surface area contributed by atoms with Gasteiger partial charge in [0, 0.05) is 25.1 Å². The smallest absolute Gasteiger partial charge is 0.329 e. The van der Waals surface area contributed by atoms with Crippen molar-refractivity contribution in [1.29, 1.82) is 0 Å². The third-order valence-corrected chi connectivity index (χ3v) is 8.52. The van der Waals surface area contributed by atoms with Crippen molar-refractivity contribution in [1.82, 2.24) is 21.3 Å². The van der Waals surface area contributed by atoms with Crippen LogP contribution in [0.2, 0.25) is 0 Å². The lowest BCUT2D eigenvalue weighted by Crippen LogP contribution is -2.53. The van der Waals surface area contributed by atoms with Crippen LogP contribution in [-0.4, -0.2) is 77.2 Å². The highest BCUT2D eigenvalue weighted by atomic mass is 16.6. The summed E-state index contributed by atoms with van der Waals surface area (Å²) in [6.45, 7) is 15.6. The quantitative estimate of drug-likeness (QED) is 0.0451. The number of fused-ring (bicyclic) bond motifs is 1. The highest BCUT2D eigenvalue weighted by molar-refractivity contribution is 5.90. The number of anilines is 1. The van der Waals surface area contributed by atoms with Gasteiger partial charge in [-0.2, -0.15) is 0 Å². The fourth-order valence-corrected chi connectivity index (χ4v) is 5.94. The van der Waals surface area contributed by atoms with E-state index in [9.17, 15) is 28.8 Å². The van der Waals surface area contributed by atoms with Gasteiger partial charge in [-0.1, -0.05) is 54.6 Å². The first-order chi connectivity index (χ1) is 27.5. The van der Waals surface area contributed by atoms with Gasteiger partial charge in [-0.15, -0.1) is 0 Å². The van der Waals surface area contributed by atoms with Crippen LogP contribution in [0, 0.1) is 0 Å². The first kappa shape index (κ1) is 47.7. The molecule has 3 aromatic rings. The van der Waals surface area contributed by atoms with E-state index in [2.05, 4.69) is 21.3 Å². The van der Waals surface area contributed by atoms with E-state index in [0.717, 1.165) is 21.9 Å². The fourth-order valence-electron chi connectivity index (χ4n) is 5.94. The number of nitrogens with one attached hydrogen (secondary N) is 4. The minimum absolute atomic E-state index is 0.0661. The molecule has 3 rings (SSSR count). The molecule has 0 aliphatic rings. The van der Waals surface area contributed by atoms with Gasteiger partial charge < -0.3 is 41.2 Å². The molecule has 14 nitrogen and oxygen atoms in total. The molecule has 0 aliphatic carbocycles. The molecular formula is C45H63N5O9. The van der Waals surface area contributed by atoms with Gasteiger partial charge >= 0.3 is 23.9 Å². The minimum atomic E-state index is -1.22. The molecule has 0 fully saturated rings. The summed E-state index contributed by atoms with van der Waals surface area (Å²) in [7, 11) is 0. The normalized spacial score (nSPS) is 13.3. The molecule has 0 saturated carbocycles. The highest BCUT2D eigenvalue weighted by Gasteiger charge is 2.31. The zero-order chi connectivity index (χ0) is 44.0. The second-order valence-electron chi connectivity index (χ2n) is 17.6. The number of ether oxygens (including phenoxy) is 3. The zero-order valence-corrected chi connectivity index (χ0v) is 36.0. The SMILES string of the molecule is CC(C)(C)OC(=O)CC[C@H](NC(=O)N[C@@H](CCCCNC(=O)[C@H](Cc1ccc2ccccc2c1)NC(=O)Cc1ccc(N)cc1)C(=O)OC(C)(C)C)C(=O)OC(C)(C)C. The highest BCUT2D eigenvalue weighted by Crippen LogP contribution is 2.18. The van der Waals surface area contributed by atoms with Crippen LogP contribution in [-0.2, 0) is 51.0 Å². The van der Waals surface area contributed by atoms with Crippen LogP contribution >= 0.6 is 0 Å². The predicted molar refractivity (Wildman–Crippen MR) is 227 cm³/mol. The van der Waals surface area contributed by atoms with Crippen LogP contribution in [0.1, 0.15) is 106 Å². The van der Waals surface area contributed by atoms with Gasteiger partial charge in [-0.25, -0.2) is 14.4 Å². The van der Waals surface area contributed by atoms with Gasteiger partial charge in [0.1, 0.15) is 34.9 Å². The summed E-state index contributed by atoms with van der Waals surface area (Å²) in [5, 5.41) is 13.1. The Labute approximate surface area is 348 Å². The van der Waals surface area contributed by atoms with Crippen LogP contribution in [0.15, 0.2) is 66.7 Å². The van der Waals surface area contributed by atoms with Crippen molar-refractivity contribution in [2.45, 2.75) is 142 Å². The molecule has 0 radical (unpaired) electrons. The number of nitrogen functional groups attached to an aromatic ring is 1. The van der Waals surface area contributed by atoms with Crippen molar-refractivity contribution < 1.29 is 43.0 Å². The first-order valence-electron chi connectivity index (χ1n) is 20.1. The van der Waals surface area contributed by atoms with Gasteiger partial charge in [-0.05, 0) is 122 Å². The van der Waals surface area contributed by atoms with E-state index < -0.39 is 58.9 Å². The predicted octanol–water partition coefficient (Wildman–Crippen LogP) is 5.82. The molecule has 0 heterocycles.